The summed E-state index contributed by atoms with van der Waals surface area (Å²) in [5.74, 6) is -1.49. The highest BCUT2D eigenvalue weighted by molar-refractivity contribution is 7.80. The number of aromatic nitrogens is 1. The molecule has 33 heavy (non-hydrogen) atoms. The molecule has 0 unspecified atom stereocenters. The van der Waals surface area contributed by atoms with Gasteiger partial charge in [-0.05, 0) is 68.0 Å². The maximum atomic E-state index is 13.3. The van der Waals surface area contributed by atoms with Crippen LogP contribution in [-0.2, 0) is 14.4 Å². The molecule has 1 saturated heterocycles. The van der Waals surface area contributed by atoms with Crippen LogP contribution in [0.25, 0.3) is 17.0 Å². The van der Waals surface area contributed by atoms with Crippen molar-refractivity contribution in [3.63, 3.8) is 0 Å². The third kappa shape index (κ3) is 4.22. The Morgan fingerprint density at radius 2 is 2.00 bits per heavy atom. The van der Waals surface area contributed by atoms with E-state index in [9.17, 15) is 19.5 Å². The lowest BCUT2D eigenvalue weighted by atomic mass is 10.1. The van der Waals surface area contributed by atoms with Crippen molar-refractivity contribution in [2.75, 3.05) is 11.5 Å². The summed E-state index contributed by atoms with van der Waals surface area (Å²) in [5, 5.41) is 12.6. The Kier molecular flexibility index (Phi) is 5.97. The Morgan fingerprint density at radius 3 is 2.73 bits per heavy atom. The first-order chi connectivity index (χ1) is 15.8. The van der Waals surface area contributed by atoms with Crippen LogP contribution in [0.1, 0.15) is 25.5 Å². The van der Waals surface area contributed by atoms with E-state index < -0.39 is 23.8 Å². The van der Waals surface area contributed by atoms with E-state index in [2.05, 4.69) is 5.32 Å². The molecule has 2 N–H and O–H groups in total. The lowest BCUT2D eigenvalue weighted by molar-refractivity contribution is -0.140. The minimum absolute atomic E-state index is 0.00835. The van der Waals surface area contributed by atoms with Gasteiger partial charge in [0.1, 0.15) is 17.4 Å². The van der Waals surface area contributed by atoms with E-state index in [1.54, 1.807) is 66.2 Å². The molecular weight excluding hydrogens is 442 g/mol. The van der Waals surface area contributed by atoms with Gasteiger partial charge in [-0.2, -0.15) is 0 Å². The number of carboxylic acid groups (broad SMARTS) is 1. The van der Waals surface area contributed by atoms with Crippen molar-refractivity contribution >= 4 is 57.8 Å². The number of anilines is 1. The predicted molar refractivity (Wildman–Crippen MR) is 128 cm³/mol. The number of fused-ring (bicyclic) bond motifs is 1. The van der Waals surface area contributed by atoms with Gasteiger partial charge in [0.2, 0.25) is 0 Å². The molecule has 8 nitrogen and oxygen atoms in total. The molecule has 9 heteroatoms. The number of rotatable bonds is 6. The van der Waals surface area contributed by atoms with E-state index in [1.807, 2.05) is 6.92 Å². The first-order valence-corrected chi connectivity index (χ1v) is 10.7. The molecule has 3 aromatic rings. The van der Waals surface area contributed by atoms with Crippen LogP contribution in [0.2, 0.25) is 0 Å². The van der Waals surface area contributed by atoms with Crippen LogP contribution in [0.15, 0.2) is 60.3 Å². The van der Waals surface area contributed by atoms with Crippen LogP contribution in [0, 0.1) is 0 Å². The second-order valence-electron chi connectivity index (χ2n) is 7.44. The molecule has 2 heterocycles. The third-order valence-corrected chi connectivity index (χ3v) is 5.60. The smallest absolute Gasteiger partial charge is 0.326 e. The summed E-state index contributed by atoms with van der Waals surface area (Å²) < 4.78 is 7.16. The Balaban J connectivity index is 1.69. The highest BCUT2D eigenvalue weighted by Gasteiger charge is 2.34. The van der Waals surface area contributed by atoms with E-state index >= 15 is 0 Å². The molecule has 0 bridgehead atoms. The van der Waals surface area contributed by atoms with Crippen molar-refractivity contribution in [3.8, 4) is 5.75 Å². The van der Waals surface area contributed by atoms with Crippen LogP contribution < -0.4 is 15.0 Å². The van der Waals surface area contributed by atoms with Gasteiger partial charge in [0.05, 0.1) is 12.3 Å². The van der Waals surface area contributed by atoms with Crippen molar-refractivity contribution in [1.29, 1.82) is 0 Å². The van der Waals surface area contributed by atoms with Gasteiger partial charge in [-0.1, -0.05) is 12.1 Å². The molecule has 4 rings (SSSR count). The minimum Gasteiger partial charge on any atom is -0.494 e. The van der Waals surface area contributed by atoms with Gasteiger partial charge in [-0.15, -0.1) is 0 Å². The molecule has 0 saturated carbocycles. The fourth-order valence-electron chi connectivity index (χ4n) is 3.67. The third-order valence-electron chi connectivity index (χ3n) is 5.32. The van der Waals surface area contributed by atoms with Crippen molar-refractivity contribution in [2.24, 2.45) is 0 Å². The van der Waals surface area contributed by atoms with E-state index in [1.165, 1.54) is 11.0 Å². The summed E-state index contributed by atoms with van der Waals surface area (Å²) in [6.07, 6.45) is 3.20. The number of carbonyl (C=O) groups excluding carboxylic acids is 2. The molecule has 1 aliphatic heterocycles. The van der Waals surface area contributed by atoms with Crippen LogP contribution in [-0.4, -0.2) is 39.2 Å². The number of aliphatic carboxylic acids is 1. The van der Waals surface area contributed by atoms with Crippen molar-refractivity contribution < 1.29 is 24.2 Å². The summed E-state index contributed by atoms with van der Waals surface area (Å²) in [5.41, 5.74) is 1.78. The van der Waals surface area contributed by atoms with E-state index in [4.69, 9.17) is 17.0 Å². The molecular formula is C24H21N3O5S. The van der Waals surface area contributed by atoms with Crippen LogP contribution in [0.4, 0.5) is 5.69 Å². The number of nitrogens with one attached hydrogen (secondary N) is 1. The number of carbonyl (C=O) groups is 3. The number of hydrogen-bond acceptors (Lipinski definition) is 5. The second kappa shape index (κ2) is 8.87. The largest absolute Gasteiger partial charge is 0.494 e. The monoisotopic (exact) mass is 463 g/mol. The Hall–Kier alpha value is -3.98. The first kappa shape index (κ1) is 22.2. The molecule has 1 atom stereocenters. The summed E-state index contributed by atoms with van der Waals surface area (Å²) in [6.45, 7) is 3.93. The number of nitrogens with zero attached hydrogens (tertiary/aromatic N) is 2. The van der Waals surface area contributed by atoms with Gasteiger partial charge in [0, 0.05) is 23.2 Å². The summed E-state index contributed by atoms with van der Waals surface area (Å²) in [6, 6.07) is 13.3. The van der Waals surface area contributed by atoms with E-state index in [-0.39, 0.29) is 10.7 Å². The molecule has 2 amide bonds. The topological polar surface area (TPSA) is 101 Å². The molecule has 168 valence electrons. The van der Waals surface area contributed by atoms with Crippen molar-refractivity contribution in [1.82, 2.24) is 9.88 Å². The number of ether oxygens (including phenoxy) is 1. The van der Waals surface area contributed by atoms with Gasteiger partial charge in [0.25, 0.3) is 11.8 Å². The normalized spacial score (nSPS) is 16.2. The van der Waals surface area contributed by atoms with Crippen LogP contribution >= 0.6 is 12.2 Å². The highest BCUT2D eigenvalue weighted by atomic mass is 32.1. The first-order valence-electron chi connectivity index (χ1n) is 10.3. The predicted octanol–water partition coefficient (Wildman–Crippen LogP) is 3.52. The molecule has 0 spiro atoms. The lowest BCUT2D eigenvalue weighted by Crippen LogP contribution is -2.54. The Labute approximate surface area is 195 Å². The fourth-order valence-corrected chi connectivity index (χ4v) is 3.95. The number of thiocarbonyl (C=S) groups is 1. The van der Waals surface area contributed by atoms with E-state index in [0.29, 0.717) is 23.6 Å². The maximum absolute atomic E-state index is 13.3. The molecule has 0 aliphatic carbocycles. The maximum Gasteiger partial charge on any atom is 0.326 e. The number of carboxylic acids is 1. The van der Waals surface area contributed by atoms with Crippen LogP contribution in [0.3, 0.4) is 0 Å². The fraction of sp³-hybridized carbons (Fsp3) is 0.167. The van der Waals surface area contributed by atoms with Gasteiger partial charge < -0.3 is 14.4 Å². The summed E-state index contributed by atoms with van der Waals surface area (Å²) in [7, 11) is 0. The minimum atomic E-state index is -0.937. The number of amides is 2. The van der Waals surface area contributed by atoms with Crippen LogP contribution in [0.5, 0.6) is 5.75 Å². The van der Waals surface area contributed by atoms with Gasteiger partial charge in [0.15, 0.2) is 5.11 Å². The number of hydrogen-bond donors (Lipinski definition) is 2. The zero-order valence-corrected chi connectivity index (χ0v) is 18.8. The quantitative estimate of drug-likeness (QED) is 0.330. The van der Waals surface area contributed by atoms with Gasteiger partial charge in [-0.25, -0.2) is 4.79 Å². The average Bonchev–Trinajstić information content (AvgIpc) is 3.19. The highest BCUT2D eigenvalue weighted by Crippen LogP contribution is 2.27. The van der Waals surface area contributed by atoms with Crippen molar-refractivity contribution in [3.05, 3.63) is 65.9 Å². The SMILES string of the molecule is CCOc1cccc(N2C(=O)/C(=C/c3ccc4c(ccn4[C@H](C)C(=O)O)c3)C(=O)NC2=S)c1. The van der Waals surface area contributed by atoms with E-state index in [0.717, 1.165) is 10.9 Å². The summed E-state index contributed by atoms with van der Waals surface area (Å²) >= 11 is 5.25. The Bertz CT molecular complexity index is 1330. The van der Waals surface area contributed by atoms with Gasteiger partial charge in [-0.3, -0.25) is 19.8 Å². The summed E-state index contributed by atoms with van der Waals surface area (Å²) in [4.78, 5) is 38.4. The molecule has 0 radical (unpaired) electrons. The zero-order valence-electron chi connectivity index (χ0n) is 17.9. The molecule has 1 aliphatic rings. The molecule has 1 fully saturated rings. The Morgan fingerprint density at radius 1 is 1.21 bits per heavy atom. The average molecular weight is 464 g/mol. The number of benzene rings is 2. The van der Waals surface area contributed by atoms with Gasteiger partial charge >= 0.3 is 5.97 Å². The molecule has 1 aromatic heterocycles. The van der Waals surface area contributed by atoms with Crippen molar-refractivity contribution in [2.45, 2.75) is 19.9 Å². The lowest BCUT2D eigenvalue weighted by Gasteiger charge is -2.29. The standard InChI is InChI=1S/C24H21N3O5S/c1-3-32-18-6-4-5-17(13-18)27-22(29)19(21(28)25-24(27)33)12-15-7-8-20-16(11-15)9-10-26(20)14(2)23(30)31/h4-14H,3H2,1-2H3,(H,30,31)(H,25,28,33)/b19-12+/t14-/m1/s1. The second-order valence-corrected chi connectivity index (χ2v) is 7.83. The zero-order chi connectivity index (χ0) is 23.7. The molecule has 2 aromatic carbocycles.